The summed E-state index contributed by atoms with van der Waals surface area (Å²) in [5.41, 5.74) is 0. The first-order chi connectivity index (χ1) is 10.4. The van der Waals surface area contributed by atoms with E-state index in [1.54, 1.807) is 0 Å². The molecule has 2 amide bonds. The molecule has 0 spiro atoms. The molecule has 2 fully saturated rings. The highest BCUT2D eigenvalue weighted by Crippen LogP contribution is 2.20. The highest BCUT2D eigenvalue weighted by atomic mass is 32.2. The van der Waals surface area contributed by atoms with E-state index >= 15 is 0 Å². The molecule has 2 aliphatic heterocycles. The van der Waals surface area contributed by atoms with Crippen molar-refractivity contribution in [3.05, 3.63) is 0 Å². The smallest absolute Gasteiger partial charge is 0.238 e. The fraction of sp³-hybridized carbons (Fsp3) is 0.857. The minimum Gasteiger partial charge on any atom is -0.355 e. The summed E-state index contributed by atoms with van der Waals surface area (Å²) in [4.78, 5) is 25.5. The molecule has 2 heterocycles. The van der Waals surface area contributed by atoms with Crippen LogP contribution >= 0.6 is 0 Å². The lowest BCUT2D eigenvalue weighted by Crippen LogP contribution is -2.51. The van der Waals surface area contributed by atoms with E-state index in [1.165, 1.54) is 4.31 Å². The van der Waals surface area contributed by atoms with Gasteiger partial charge in [0.15, 0.2) is 0 Å². The van der Waals surface area contributed by atoms with E-state index < -0.39 is 16.1 Å². The van der Waals surface area contributed by atoms with E-state index in [1.807, 2.05) is 4.90 Å². The van der Waals surface area contributed by atoms with Crippen molar-refractivity contribution in [2.24, 2.45) is 0 Å². The Hall–Kier alpha value is -1.15. The molecule has 2 saturated heterocycles. The summed E-state index contributed by atoms with van der Waals surface area (Å²) >= 11 is 0. The van der Waals surface area contributed by atoms with Gasteiger partial charge in [-0.25, -0.2) is 8.42 Å². The number of carbonyl (C=O) groups excluding carboxylic acids is 2. The maximum absolute atomic E-state index is 12.2. The fourth-order valence-corrected chi connectivity index (χ4v) is 4.23. The van der Waals surface area contributed by atoms with Gasteiger partial charge in [0.25, 0.3) is 0 Å². The first-order valence-electron chi connectivity index (χ1n) is 7.92. The van der Waals surface area contributed by atoms with Gasteiger partial charge in [-0.2, -0.15) is 4.31 Å². The highest BCUT2D eigenvalue weighted by molar-refractivity contribution is 7.88. The second-order valence-corrected chi connectivity index (χ2v) is 7.95. The third kappa shape index (κ3) is 4.42. The van der Waals surface area contributed by atoms with Crippen molar-refractivity contribution in [3.63, 3.8) is 0 Å². The molecule has 2 rings (SSSR count). The van der Waals surface area contributed by atoms with E-state index in [-0.39, 0.29) is 11.8 Å². The Morgan fingerprint density at radius 3 is 2.68 bits per heavy atom. The topological polar surface area (TPSA) is 86.8 Å². The van der Waals surface area contributed by atoms with Crippen LogP contribution in [0.4, 0.5) is 0 Å². The quantitative estimate of drug-likeness (QED) is 0.690. The molecule has 0 saturated carbocycles. The van der Waals surface area contributed by atoms with Gasteiger partial charge in [0.2, 0.25) is 21.8 Å². The zero-order valence-corrected chi connectivity index (χ0v) is 13.9. The first kappa shape index (κ1) is 17.2. The zero-order chi connectivity index (χ0) is 16.2. The molecule has 2 aliphatic rings. The van der Waals surface area contributed by atoms with Gasteiger partial charge in [0.1, 0.15) is 6.04 Å². The molecule has 126 valence electrons. The van der Waals surface area contributed by atoms with E-state index in [0.717, 1.165) is 32.1 Å². The lowest BCUT2D eigenvalue weighted by molar-refractivity contribution is -0.127. The zero-order valence-electron chi connectivity index (χ0n) is 13.1. The van der Waals surface area contributed by atoms with Crippen LogP contribution in [-0.4, -0.2) is 67.9 Å². The Labute approximate surface area is 132 Å². The SMILES string of the molecule is CS(=O)(=O)N1CCCCC1C(=O)NCCCN1CCCC1=O. The number of carbonyl (C=O) groups is 2. The van der Waals surface area contributed by atoms with Crippen LogP contribution in [0.5, 0.6) is 0 Å². The second-order valence-electron chi connectivity index (χ2n) is 6.01. The summed E-state index contributed by atoms with van der Waals surface area (Å²) < 4.78 is 24.8. The number of piperidine rings is 1. The standard InChI is InChI=1S/C14H25N3O4S/c1-22(20,21)17-11-3-2-6-12(17)14(19)15-8-5-10-16-9-4-7-13(16)18/h12H,2-11H2,1H3,(H,15,19). The monoisotopic (exact) mass is 331 g/mol. The largest absolute Gasteiger partial charge is 0.355 e. The molecule has 0 aromatic carbocycles. The third-order valence-electron chi connectivity index (χ3n) is 4.26. The Kier molecular flexibility index (Phi) is 5.80. The molecular formula is C14H25N3O4S. The maximum atomic E-state index is 12.2. The molecule has 1 unspecified atom stereocenters. The van der Waals surface area contributed by atoms with Gasteiger partial charge in [0, 0.05) is 32.6 Å². The Morgan fingerprint density at radius 2 is 2.05 bits per heavy atom. The number of amides is 2. The van der Waals surface area contributed by atoms with E-state index in [9.17, 15) is 18.0 Å². The van der Waals surface area contributed by atoms with Crippen molar-refractivity contribution in [2.45, 2.75) is 44.6 Å². The fourth-order valence-electron chi connectivity index (χ4n) is 3.10. The number of nitrogens with zero attached hydrogens (tertiary/aromatic N) is 2. The van der Waals surface area contributed by atoms with Crippen LogP contribution in [0.25, 0.3) is 0 Å². The average molecular weight is 331 g/mol. The van der Waals surface area contributed by atoms with Crippen molar-refractivity contribution in [1.82, 2.24) is 14.5 Å². The van der Waals surface area contributed by atoms with Crippen molar-refractivity contribution < 1.29 is 18.0 Å². The van der Waals surface area contributed by atoms with Gasteiger partial charge in [-0.3, -0.25) is 9.59 Å². The third-order valence-corrected chi connectivity index (χ3v) is 5.55. The van der Waals surface area contributed by atoms with Crippen LogP contribution in [0, 0.1) is 0 Å². The van der Waals surface area contributed by atoms with Crippen molar-refractivity contribution in [1.29, 1.82) is 0 Å². The van der Waals surface area contributed by atoms with Crippen LogP contribution in [0.2, 0.25) is 0 Å². The minimum absolute atomic E-state index is 0.182. The van der Waals surface area contributed by atoms with E-state index in [0.29, 0.717) is 38.9 Å². The molecule has 22 heavy (non-hydrogen) atoms. The molecule has 0 aliphatic carbocycles. The molecule has 8 heteroatoms. The average Bonchev–Trinajstić information content (AvgIpc) is 2.88. The summed E-state index contributed by atoms with van der Waals surface area (Å²) in [5.74, 6) is -0.0419. The summed E-state index contributed by atoms with van der Waals surface area (Å²) in [7, 11) is -3.35. The van der Waals surface area contributed by atoms with Crippen LogP contribution in [0.15, 0.2) is 0 Å². The lowest BCUT2D eigenvalue weighted by atomic mass is 10.0. The normalized spacial score (nSPS) is 23.8. The Balaban J connectivity index is 1.77. The van der Waals surface area contributed by atoms with Crippen LogP contribution in [-0.2, 0) is 19.6 Å². The van der Waals surface area contributed by atoms with E-state index in [2.05, 4.69) is 5.32 Å². The molecule has 1 atom stereocenters. The van der Waals surface area contributed by atoms with Crippen molar-refractivity contribution in [2.75, 3.05) is 32.4 Å². The Morgan fingerprint density at radius 1 is 1.27 bits per heavy atom. The second kappa shape index (κ2) is 7.41. The summed E-state index contributed by atoms with van der Waals surface area (Å²) in [6.07, 6.45) is 5.62. The first-order valence-corrected chi connectivity index (χ1v) is 9.77. The molecule has 0 aromatic heterocycles. The van der Waals surface area contributed by atoms with E-state index in [4.69, 9.17) is 0 Å². The predicted molar refractivity (Wildman–Crippen MR) is 82.6 cm³/mol. The van der Waals surface area contributed by atoms with Crippen LogP contribution in [0.3, 0.4) is 0 Å². The summed E-state index contributed by atoms with van der Waals surface area (Å²) in [6, 6.07) is -0.586. The number of nitrogens with one attached hydrogen (secondary N) is 1. The van der Waals surface area contributed by atoms with Gasteiger partial charge in [-0.1, -0.05) is 6.42 Å². The molecule has 0 radical (unpaired) electrons. The molecular weight excluding hydrogens is 306 g/mol. The molecule has 1 N–H and O–H groups in total. The van der Waals surface area contributed by atoms with Crippen molar-refractivity contribution >= 4 is 21.8 Å². The van der Waals surface area contributed by atoms with Gasteiger partial charge in [-0.05, 0) is 25.7 Å². The van der Waals surface area contributed by atoms with Crippen LogP contribution in [0.1, 0.15) is 38.5 Å². The van der Waals surface area contributed by atoms with Gasteiger partial charge in [-0.15, -0.1) is 0 Å². The van der Waals surface area contributed by atoms with Gasteiger partial charge < -0.3 is 10.2 Å². The molecule has 7 nitrogen and oxygen atoms in total. The molecule has 0 bridgehead atoms. The summed E-state index contributed by atoms with van der Waals surface area (Å²) in [6.45, 7) is 2.34. The number of sulfonamides is 1. The number of hydrogen-bond donors (Lipinski definition) is 1. The van der Waals surface area contributed by atoms with Crippen LogP contribution < -0.4 is 5.32 Å². The summed E-state index contributed by atoms with van der Waals surface area (Å²) in [5, 5.41) is 2.81. The lowest BCUT2D eigenvalue weighted by Gasteiger charge is -2.32. The predicted octanol–water partition coefficient (Wildman–Crippen LogP) is -0.0708. The van der Waals surface area contributed by atoms with Gasteiger partial charge >= 0.3 is 0 Å². The minimum atomic E-state index is -3.35. The Bertz CT molecular complexity index is 520. The highest BCUT2D eigenvalue weighted by Gasteiger charge is 2.34. The van der Waals surface area contributed by atoms with Crippen molar-refractivity contribution in [3.8, 4) is 0 Å². The maximum Gasteiger partial charge on any atom is 0.238 e. The molecule has 0 aromatic rings. The number of rotatable bonds is 6. The number of hydrogen-bond acceptors (Lipinski definition) is 4. The number of likely N-dealkylation sites (tertiary alicyclic amines) is 1. The van der Waals surface area contributed by atoms with Gasteiger partial charge in [0.05, 0.1) is 6.26 Å².